The van der Waals surface area contributed by atoms with Crippen molar-refractivity contribution in [2.75, 3.05) is 5.32 Å². The molecule has 0 radical (unpaired) electrons. The summed E-state index contributed by atoms with van der Waals surface area (Å²) >= 11 is 9.42. The number of hydrogen-bond donors (Lipinski definition) is 1. The fourth-order valence-corrected chi connectivity index (χ4v) is 2.19. The Kier molecular flexibility index (Phi) is 4.24. The van der Waals surface area contributed by atoms with E-state index in [1.165, 1.54) is 0 Å². The van der Waals surface area contributed by atoms with Gasteiger partial charge < -0.3 is 5.32 Å². The lowest BCUT2D eigenvalue weighted by Crippen LogP contribution is -2.01. The minimum Gasteiger partial charge on any atom is -0.380 e. The van der Waals surface area contributed by atoms with E-state index in [-0.39, 0.29) is 0 Å². The monoisotopic (exact) mass is 320 g/mol. The van der Waals surface area contributed by atoms with Crippen molar-refractivity contribution in [1.29, 1.82) is 5.26 Å². The van der Waals surface area contributed by atoms with Crippen LogP contribution in [0.4, 0.5) is 5.69 Å². The fraction of sp³-hybridized carbons (Fsp3) is 0.0714. The third-order valence-corrected chi connectivity index (χ3v) is 3.54. The molecular weight excluding hydrogens is 312 g/mol. The van der Waals surface area contributed by atoms with E-state index >= 15 is 0 Å². The fourth-order valence-electron chi connectivity index (χ4n) is 1.59. The molecule has 90 valence electrons. The normalized spacial score (nSPS) is 9.83. The average Bonchev–Trinajstić information content (AvgIpc) is 2.38. The van der Waals surface area contributed by atoms with Crippen molar-refractivity contribution in [2.24, 2.45) is 0 Å². The zero-order chi connectivity index (χ0) is 13.0. The molecule has 2 rings (SSSR count). The summed E-state index contributed by atoms with van der Waals surface area (Å²) < 4.78 is 1.04. The van der Waals surface area contributed by atoms with Gasteiger partial charge in [0, 0.05) is 16.0 Å². The molecule has 0 spiro atoms. The van der Waals surface area contributed by atoms with Gasteiger partial charge in [0.15, 0.2) is 0 Å². The van der Waals surface area contributed by atoms with E-state index in [9.17, 15) is 0 Å². The number of halogens is 2. The first-order chi connectivity index (χ1) is 8.70. The Hall–Kier alpha value is -1.50. The van der Waals surface area contributed by atoms with Crippen molar-refractivity contribution in [3.8, 4) is 6.07 Å². The summed E-state index contributed by atoms with van der Waals surface area (Å²) in [5, 5.41) is 12.9. The van der Waals surface area contributed by atoms with Crippen LogP contribution in [0.3, 0.4) is 0 Å². The molecule has 18 heavy (non-hydrogen) atoms. The second kappa shape index (κ2) is 5.90. The van der Waals surface area contributed by atoms with Crippen LogP contribution in [0.1, 0.15) is 11.1 Å². The lowest BCUT2D eigenvalue weighted by atomic mass is 10.1. The van der Waals surface area contributed by atoms with Gasteiger partial charge in [-0.3, -0.25) is 0 Å². The van der Waals surface area contributed by atoms with Crippen molar-refractivity contribution < 1.29 is 0 Å². The maximum atomic E-state index is 9.02. The maximum absolute atomic E-state index is 9.02. The van der Waals surface area contributed by atoms with Crippen molar-refractivity contribution in [3.63, 3.8) is 0 Å². The van der Waals surface area contributed by atoms with Crippen LogP contribution in [0.5, 0.6) is 0 Å². The largest absolute Gasteiger partial charge is 0.380 e. The highest BCUT2D eigenvalue weighted by molar-refractivity contribution is 9.10. The highest BCUT2D eigenvalue weighted by Crippen LogP contribution is 2.22. The predicted octanol–water partition coefficient (Wildman–Crippen LogP) is 4.59. The summed E-state index contributed by atoms with van der Waals surface area (Å²) in [6, 6.07) is 15.3. The van der Waals surface area contributed by atoms with Gasteiger partial charge in [0.1, 0.15) is 6.07 Å². The Bertz CT molecular complexity index is 605. The zero-order valence-electron chi connectivity index (χ0n) is 9.45. The van der Waals surface area contributed by atoms with Gasteiger partial charge in [-0.1, -0.05) is 45.7 Å². The molecule has 0 aromatic heterocycles. The molecule has 0 aliphatic heterocycles. The zero-order valence-corrected chi connectivity index (χ0v) is 11.8. The van der Waals surface area contributed by atoms with Gasteiger partial charge in [-0.15, -0.1) is 0 Å². The molecule has 0 atom stereocenters. The molecule has 0 saturated carbocycles. The van der Waals surface area contributed by atoms with Gasteiger partial charge in [0.25, 0.3) is 0 Å². The summed E-state index contributed by atoms with van der Waals surface area (Å²) in [5.41, 5.74) is 2.47. The van der Waals surface area contributed by atoms with Crippen molar-refractivity contribution in [1.82, 2.24) is 0 Å². The van der Waals surface area contributed by atoms with Crippen LogP contribution in [-0.2, 0) is 6.54 Å². The van der Waals surface area contributed by atoms with Crippen LogP contribution in [0.2, 0.25) is 5.02 Å². The van der Waals surface area contributed by atoms with Gasteiger partial charge in [0.05, 0.1) is 11.3 Å². The lowest BCUT2D eigenvalue weighted by Gasteiger charge is -2.10. The molecule has 1 N–H and O–H groups in total. The Balaban J connectivity index is 2.18. The molecule has 0 aliphatic rings. The number of anilines is 1. The van der Waals surface area contributed by atoms with Crippen LogP contribution in [-0.4, -0.2) is 0 Å². The smallest absolute Gasteiger partial charge is 0.101 e. The number of benzene rings is 2. The van der Waals surface area contributed by atoms with E-state index in [0.717, 1.165) is 15.7 Å². The maximum Gasteiger partial charge on any atom is 0.101 e. The van der Waals surface area contributed by atoms with E-state index in [0.29, 0.717) is 17.1 Å². The molecule has 2 nitrogen and oxygen atoms in total. The quantitative estimate of drug-likeness (QED) is 0.897. The van der Waals surface area contributed by atoms with Gasteiger partial charge in [-0.25, -0.2) is 0 Å². The highest BCUT2D eigenvalue weighted by atomic mass is 79.9. The van der Waals surface area contributed by atoms with Crippen LogP contribution < -0.4 is 5.32 Å². The number of nitrogens with one attached hydrogen (secondary N) is 1. The topological polar surface area (TPSA) is 35.8 Å². The standard InChI is InChI=1S/C14H10BrClN2/c15-13-4-2-1-3-11(13)9-18-14-7-12(16)6-5-10(14)8-17/h1-7,18H,9H2. The molecule has 0 heterocycles. The van der Waals surface area contributed by atoms with E-state index in [1.54, 1.807) is 18.2 Å². The van der Waals surface area contributed by atoms with E-state index < -0.39 is 0 Å². The number of nitrogens with zero attached hydrogens (tertiary/aromatic N) is 1. The molecule has 4 heteroatoms. The second-order valence-corrected chi connectivity index (χ2v) is 5.04. The average molecular weight is 322 g/mol. The summed E-state index contributed by atoms with van der Waals surface area (Å²) in [5.74, 6) is 0. The van der Waals surface area contributed by atoms with Gasteiger partial charge >= 0.3 is 0 Å². The summed E-state index contributed by atoms with van der Waals surface area (Å²) in [7, 11) is 0. The Morgan fingerprint density at radius 2 is 2.00 bits per heavy atom. The minimum atomic E-state index is 0.589. The molecule has 0 fully saturated rings. The SMILES string of the molecule is N#Cc1ccc(Cl)cc1NCc1ccccc1Br. The summed E-state index contributed by atoms with van der Waals surface area (Å²) in [6.45, 7) is 0.635. The van der Waals surface area contributed by atoms with Crippen LogP contribution in [0.25, 0.3) is 0 Å². The van der Waals surface area contributed by atoms with Crippen LogP contribution in [0.15, 0.2) is 46.9 Å². The molecule has 0 amide bonds. The lowest BCUT2D eigenvalue weighted by molar-refractivity contribution is 1.13. The Morgan fingerprint density at radius 3 is 2.72 bits per heavy atom. The molecule has 2 aromatic carbocycles. The molecular formula is C14H10BrClN2. The minimum absolute atomic E-state index is 0.589. The third kappa shape index (κ3) is 3.04. The molecule has 0 aliphatic carbocycles. The molecule has 0 saturated heterocycles. The van der Waals surface area contributed by atoms with Crippen molar-refractivity contribution >= 4 is 33.2 Å². The van der Waals surface area contributed by atoms with E-state index in [2.05, 4.69) is 27.3 Å². The highest BCUT2D eigenvalue weighted by Gasteiger charge is 2.04. The molecule has 2 aromatic rings. The summed E-state index contributed by atoms with van der Waals surface area (Å²) in [4.78, 5) is 0. The van der Waals surface area contributed by atoms with Crippen molar-refractivity contribution in [2.45, 2.75) is 6.54 Å². The van der Waals surface area contributed by atoms with E-state index in [1.807, 2.05) is 24.3 Å². The first-order valence-corrected chi connectivity index (χ1v) is 6.55. The molecule has 0 bridgehead atoms. The van der Waals surface area contributed by atoms with E-state index in [4.69, 9.17) is 16.9 Å². The molecule has 0 unspecified atom stereocenters. The Morgan fingerprint density at radius 1 is 1.22 bits per heavy atom. The number of nitriles is 1. The van der Waals surface area contributed by atoms with Gasteiger partial charge in [-0.05, 0) is 29.8 Å². The first-order valence-electron chi connectivity index (χ1n) is 5.37. The van der Waals surface area contributed by atoms with Crippen LogP contribution >= 0.6 is 27.5 Å². The Labute approximate surface area is 119 Å². The van der Waals surface area contributed by atoms with Gasteiger partial charge in [0.2, 0.25) is 0 Å². The predicted molar refractivity (Wildman–Crippen MR) is 77.6 cm³/mol. The van der Waals surface area contributed by atoms with Crippen LogP contribution in [0, 0.1) is 11.3 Å². The second-order valence-electron chi connectivity index (χ2n) is 3.75. The first kappa shape index (κ1) is 12.9. The summed E-state index contributed by atoms with van der Waals surface area (Å²) in [6.07, 6.45) is 0. The third-order valence-electron chi connectivity index (χ3n) is 2.53. The number of hydrogen-bond acceptors (Lipinski definition) is 2. The number of rotatable bonds is 3. The van der Waals surface area contributed by atoms with Crippen molar-refractivity contribution in [3.05, 3.63) is 63.1 Å². The van der Waals surface area contributed by atoms with Gasteiger partial charge in [-0.2, -0.15) is 5.26 Å².